The van der Waals surface area contributed by atoms with Crippen molar-refractivity contribution in [2.75, 3.05) is 12.3 Å². The van der Waals surface area contributed by atoms with Crippen LogP contribution < -0.4 is 16.4 Å². The number of thiol groups is 1. The Labute approximate surface area is 248 Å². The van der Waals surface area contributed by atoms with E-state index in [0.29, 0.717) is 0 Å². The molecule has 2 unspecified atom stereocenters. The molecule has 0 saturated carbocycles. The van der Waals surface area contributed by atoms with Gasteiger partial charge >= 0.3 is 125 Å². The van der Waals surface area contributed by atoms with Crippen LogP contribution in [0.2, 0.25) is 3.67 Å². The molecule has 0 aromatic carbocycles. The number of nitrogens with one attached hydrogen (secondary N) is 2. The summed E-state index contributed by atoms with van der Waals surface area (Å²) >= 11 is 5.28. The second-order valence-corrected chi connectivity index (χ2v) is 10.8. The van der Waals surface area contributed by atoms with Crippen molar-refractivity contribution in [1.29, 1.82) is 0 Å². The van der Waals surface area contributed by atoms with E-state index in [0.717, 1.165) is 0 Å². The van der Waals surface area contributed by atoms with Crippen molar-refractivity contribution in [1.82, 2.24) is 10.6 Å². The Balaban J connectivity index is -0.000000580. The maximum atomic E-state index is 11.5. The Hall–Kier alpha value is -0.940. The molecule has 0 radical (unpaired) electrons. The maximum absolute atomic E-state index is 11.5. The molecule has 2 atom stereocenters. The van der Waals surface area contributed by atoms with Gasteiger partial charge in [-0.3, -0.25) is 28.3 Å². The zero-order chi connectivity index (χ0) is 30.0. The van der Waals surface area contributed by atoms with E-state index in [1.807, 2.05) is 0 Å². The van der Waals surface area contributed by atoms with E-state index < -0.39 is 52.8 Å². The van der Waals surface area contributed by atoms with E-state index in [9.17, 15) is 19.2 Å². The van der Waals surface area contributed by atoms with Crippen LogP contribution in [-0.2, 0) is 29.6 Å². The van der Waals surface area contributed by atoms with Gasteiger partial charge < -0.3 is 26.6 Å². The quantitative estimate of drug-likeness (QED) is 0.0461. The third kappa shape index (κ3) is 37.2. The predicted octanol–water partition coefficient (Wildman–Crippen LogP) is 1.64. The average molecular weight is 598 g/mol. The van der Waals surface area contributed by atoms with Crippen LogP contribution in [-0.4, -0.2) is 104 Å². The minimum Gasteiger partial charge on any atom is -0.480 e. The Bertz CT molecular complexity index is 740. The van der Waals surface area contributed by atoms with E-state index in [1.54, 1.807) is 0 Å². The summed E-state index contributed by atoms with van der Waals surface area (Å²) in [7, 11) is -4.67. The Kier molecular flexibility index (Phi) is 30.2. The van der Waals surface area contributed by atoms with Crippen LogP contribution in [0.5, 0.6) is 0 Å². The number of carbonyl (C=O) groups is 4. The smallest absolute Gasteiger partial charge is 0.394 e. The molecule has 0 bridgehead atoms. The van der Waals surface area contributed by atoms with Gasteiger partial charge in [0.1, 0.15) is 18.6 Å². The van der Waals surface area contributed by atoms with Gasteiger partial charge in [0.25, 0.3) is 0 Å². The molecule has 2 amide bonds. The monoisotopic (exact) mass is 597 g/mol. The number of amides is 2. The largest absolute Gasteiger partial charge is 0.480 e. The van der Waals surface area contributed by atoms with Crippen molar-refractivity contribution < 1.29 is 46.9 Å². The summed E-state index contributed by atoms with van der Waals surface area (Å²) in [6, 6.07) is -2.15. The summed E-state index contributed by atoms with van der Waals surface area (Å²) in [5.41, 5.74) is 5.23. The molecule has 220 valence electrons. The van der Waals surface area contributed by atoms with Gasteiger partial charge in [-0.2, -0.15) is 21.0 Å². The molecule has 0 rings (SSSR count). The first-order chi connectivity index (χ1) is 17.7. The van der Waals surface area contributed by atoms with Gasteiger partial charge in [0, 0.05) is 12.2 Å². The van der Waals surface area contributed by atoms with E-state index in [2.05, 4.69) is 30.2 Å². The second kappa shape index (κ2) is 27.6. The van der Waals surface area contributed by atoms with Crippen molar-refractivity contribution in [3.63, 3.8) is 0 Å². The van der Waals surface area contributed by atoms with Gasteiger partial charge in [0.05, 0.1) is 0 Å². The number of aliphatic carboxylic acids is 2. The molecule has 0 aromatic rings. The van der Waals surface area contributed by atoms with Gasteiger partial charge in [-0.1, -0.05) is 0 Å². The van der Waals surface area contributed by atoms with E-state index >= 15 is 0 Å². The summed E-state index contributed by atoms with van der Waals surface area (Å²) in [6.07, 6.45) is 14.5. The first kappa shape index (κ1) is 41.5. The van der Waals surface area contributed by atoms with Gasteiger partial charge in [0.15, 0.2) is 0 Å². The van der Waals surface area contributed by atoms with Gasteiger partial charge in [-0.15, -0.1) is 0 Å². The fraction of sp³-hybridized carbons (Fsp3) is 0.818. The van der Waals surface area contributed by atoms with E-state index in [-0.39, 0.29) is 18.6 Å². The third-order valence-corrected chi connectivity index (χ3v) is 6.03. The van der Waals surface area contributed by atoms with E-state index in [1.165, 1.54) is 95.8 Å². The van der Waals surface area contributed by atoms with E-state index in [4.69, 9.17) is 33.5 Å². The topological polar surface area (TPSA) is 233 Å². The van der Waals surface area contributed by atoms with Gasteiger partial charge in [-0.05, 0) is 6.42 Å². The molecule has 0 aliphatic heterocycles. The fourth-order valence-electron chi connectivity index (χ4n) is 2.89. The number of hydrogen-bond donors (Lipinski definition) is 8. The number of carboxylic acids is 2. The summed E-state index contributed by atoms with van der Waals surface area (Å²) in [6.45, 7) is 1.72. The molecular weight excluding hydrogens is 553 g/mol. The molecular formula is C22H44N3NaO10S2. The molecule has 0 aliphatic rings. The van der Waals surface area contributed by atoms with Crippen LogP contribution in [0, 0.1) is 0 Å². The molecule has 13 nitrogen and oxygen atoms in total. The summed E-state index contributed by atoms with van der Waals surface area (Å²) in [4.78, 5) is 43.7. The van der Waals surface area contributed by atoms with Crippen LogP contribution in [0.25, 0.3) is 0 Å². The van der Waals surface area contributed by atoms with Crippen molar-refractivity contribution in [2.45, 2.75) is 99.7 Å². The average Bonchev–Trinajstić information content (AvgIpc) is 2.82. The molecule has 0 saturated heterocycles. The van der Waals surface area contributed by atoms with Crippen molar-refractivity contribution >= 4 is 74.7 Å². The van der Waals surface area contributed by atoms with Gasteiger partial charge in [-0.25, -0.2) is 0 Å². The Morgan fingerprint density at radius 1 is 0.921 bits per heavy atom. The summed E-state index contributed by atoms with van der Waals surface area (Å²) < 4.78 is 33.1. The van der Waals surface area contributed by atoms with Gasteiger partial charge in [0.2, 0.25) is 11.8 Å². The fourth-order valence-corrected chi connectivity index (χ4v) is 3.65. The zero-order valence-electron chi connectivity index (χ0n) is 22.4. The molecule has 8 N–H and O–H groups in total. The maximum Gasteiger partial charge on any atom is 0.394 e. The molecule has 16 heteroatoms. The van der Waals surface area contributed by atoms with Crippen molar-refractivity contribution in [3.05, 3.63) is 0 Å². The molecule has 0 aromatic heterocycles. The normalized spacial score (nSPS) is 12.1. The number of carbonyl (C=O) groups excluding carboxylic acids is 2. The molecule has 0 heterocycles. The number of rotatable bonds is 19. The minimum absolute atomic E-state index is 0.0256. The van der Waals surface area contributed by atoms with Crippen molar-refractivity contribution in [3.8, 4) is 0 Å². The van der Waals surface area contributed by atoms with Crippen LogP contribution >= 0.6 is 12.6 Å². The van der Waals surface area contributed by atoms with Crippen LogP contribution in [0.1, 0.15) is 84.0 Å². The summed E-state index contributed by atoms with van der Waals surface area (Å²) in [5.74, 6) is -3.70. The molecule has 0 spiro atoms. The second-order valence-electron chi connectivity index (χ2n) is 8.53. The third-order valence-electron chi connectivity index (χ3n) is 4.95. The van der Waals surface area contributed by atoms with Crippen LogP contribution in [0.4, 0.5) is 0 Å². The molecule has 0 fully saturated rings. The predicted molar refractivity (Wildman–Crippen MR) is 148 cm³/mol. The Morgan fingerprint density at radius 3 is 1.74 bits per heavy atom. The first-order valence-electron chi connectivity index (χ1n) is 12.8. The first-order valence-corrected chi connectivity index (χ1v) is 16.2. The number of nitrogens with two attached hydrogens (primary N) is 1. The standard InChI is InChI=1S/C12H25.C10H17N3O6S.Na.H2O4S/c1-3-5-7-9-11-12-10-8-6-4-2;11-5(10(18)19)1-2-7(14)13-6(4-20)9(17)12-3-8(15)16;;1-5(2,3)4/h1,3-12H2,2H3;5-6,20H,1-4,11H2,(H,12,17)(H,13,14)(H,15,16)(H,18,19);;(H2,1,2,3,4). The van der Waals surface area contributed by atoms with Crippen molar-refractivity contribution in [2.24, 2.45) is 5.73 Å². The van der Waals surface area contributed by atoms with Crippen LogP contribution in [0.3, 0.4) is 0 Å². The number of hydrogen-bond acceptors (Lipinski definition) is 8. The number of carboxylic acid groups (broad SMARTS) is 2. The minimum atomic E-state index is -4.67. The molecule has 0 aliphatic carbocycles. The SMILES string of the molecule is CCCCCCCCCCC[CH2][Na].NC(CCC(=O)NC(CS)C(=O)NCC(=O)O)C(=O)O.O=S(=O)(O)O. The number of unbranched alkanes of at least 4 members (excludes halogenated alkanes) is 9. The summed E-state index contributed by atoms with van der Waals surface area (Å²) in [5, 5.41) is 21.4. The zero-order valence-corrected chi connectivity index (χ0v) is 26.1. The Morgan fingerprint density at radius 2 is 1.37 bits per heavy atom. The molecule has 38 heavy (non-hydrogen) atoms. The van der Waals surface area contributed by atoms with Crippen LogP contribution in [0.15, 0.2) is 0 Å².